The van der Waals surface area contributed by atoms with Gasteiger partial charge in [0, 0.05) is 0 Å². The first kappa shape index (κ1) is 27.7. The Balaban J connectivity index is 1.09. The van der Waals surface area contributed by atoms with E-state index >= 15 is 0 Å². The van der Waals surface area contributed by atoms with Crippen LogP contribution in [0.5, 0.6) is 0 Å². The largest absolute Gasteiger partial charge is 0.207 e. The molecule has 2 saturated carbocycles. The van der Waals surface area contributed by atoms with Crippen molar-refractivity contribution in [2.24, 2.45) is 17.8 Å². The van der Waals surface area contributed by atoms with Gasteiger partial charge in [0.2, 0.25) is 0 Å². The summed E-state index contributed by atoms with van der Waals surface area (Å²) in [4.78, 5) is 0. The topological polar surface area (TPSA) is 0 Å². The lowest BCUT2D eigenvalue weighted by Gasteiger charge is -2.38. The molecule has 0 amide bonds. The van der Waals surface area contributed by atoms with E-state index in [9.17, 15) is 4.39 Å². The third-order valence-corrected chi connectivity index (χ3v) is 10.6. The first-order valence-electron chi connectivity index (χ1n) is 16.2. The summed E-state index contributed by atoms with van der Waals surface area (Å²) in [6.07, 6.45) is 23.9. The molecular formula is C37H51F. The molecule has 0 heterocycles. The summed E-state index contributed by atoms with van der Waals surface area (Å²) in [7, 11) is 0. The Kier molecular flexibility index (Phi) is 9.79. The molecule has 3 aliphatic carbocycles. The Morgan fingerprint density at radius 1 is 0.711 bits per heavy atom. The molecule has 2 aromatic carbocycles. The molecule has 2 fully saturated rings. The van der Waals surface area contributed by atoms with Crippen LogP contribution in [0.4, 0.5) is 4.39 Å². The monoisotopic (exact) mass is 514 g/mol. The van der Waals surface area contributed by atoms with Crippen molar-refractivity contribution in [3.05, 3.63) is 76.6 Å². The lowest BCUT2D eigenvalue weighted by atomic mass is 9.68. The van der Waals surface area contributed by atoms with Gasteiger partial charge in [-0.05, 0) is 128 Å². The summed E-state index contributed by atoms with van der Waals surface area (Å²) in [6.45, 7) is 4.34. The minimum Gasteiger partial charge on any atom is -0.207 e. The van der Waals surface area contributed by atoms with Gasteiger partial charge in [0.1, 0.15) is 5.82 Å². The normalized spacial score (nSPS) is 28.2. The molecule has 0 radical (unpaired) electrons. The van der Waals surface area contributed by atoms with Crippen LogP contribution in [0.15, 0.2) is 48.5 Å². The highest BCUT2D eigenvalue weighted by Crippen LogP contribution is 2.45. The van der Waals surface area contributed by atoms with E-state index < -0.39 is 0 Å². The molecule has 0 nitrogen and oxygen atoms in total. The smallest absolute Gasteiger partial charge is 0.126 e. The van der Waals surface area contributed by atoms with Crippen LogP contribution in [0, 0.1) is 23.6 Å². The molecule has 0 bridgehead atoms. The maximum atomic E-state index is 14.3. The Labute approximate surface area is 232 Å². The minimum atomic E-state index is -0.0328. The predicted octanol–water partition coefficient (Wildman–Crippen LogP) is 11.4. The minimum absolute atomic E-state index is 0.0328. The number of benzene rings is 2. The quantitative estimate of drug-likeness (QED) is 0.292. The van der Waals surface area contributed by atoms with Crippen molar-refractivity contribution in [3.63, 3.8) is 0 Å². The van der Waals surface area contributed by atoms with E-state index in [-0.39, 0.29) is 5.82 Å². The van der Waals surface area contributed by atoms with E-state index in [1.807, 2.05) is 13.0 Å². The second kappa shape index (κ2) is 13.5. The molecule has 0 saturated heterocycles. The van der Waals surface area contributed by atoms with Crippen molar-refractivity contribution in [3.8, 4) is 0 Å². The highest BCUT2D eigenvalue weighted by Gasteiger charge is 2.31. The average molecular weight is 515 g/mol. The molecule has 5 rings (SSSR count). The number of rotatable bonds is 9. The molecule has 1 atom stereocenters. The van der Waals surface area contributed by atoms with Gasteiger partial charge in [0.25, 0.3) is 0 Å². The molecule has 1 heteroatoms. The van der Waals surface area contributed by atoms with E-state index in [0.29, 0.717) is 5.92 Å². The van der Waals surface area contributed by atoms with Gasteiger partial charge in [0.15, 0.2) is 0 Å². The zero-order valence-corrected chi connectivity index (χ0v) is 24.2. The van der Waals surface area contributed by atoms with Crippen molar-refractivity contribution in [2.45, 2.75) is 128 Å². The zero-order chi connectivity index (χ0) is 26.3. The van der Waals surface area contributed by atoms with Gasteiger partial charge in [-0.2, -0.15) is 0 Å². The van der Waals surface area contributed by atoms with Crippen LogP contribution >= 0.6 is 0 Å². The molecule has 0 aliphatic heterocycles. The van der Waals surface area contributed by atoms with Crippen LogP contribution in [0.1, 0.15) is 144 Å². The number of unbranched alkanes of at least 4 members (excludes halogenated alkanes) is 2. The molecule has 1 unspecified atom stereocenters. The lowest BCUT2D eigenvalue weighted by Crippen LogP contribution is -2.25. The molecular weight excluding hydrogens is 463 g/mol. The van der Waals surface area contributed by atoms with E-state index in [4.69, 9.17) is 0 Å². The summed E-state index contributed by atoms with van der Waals surface area (Å²) in [5.41, 5.74) is 6.43. The van der Waals surface area contributed by atoms with Crippen molar-refractivity contribution in [2.75, 3.05) is 0 Å². The Bertz CT molecular complexity index is 1030. The lowest BCUT2D eigenvalue weighted by molar-refractivity contribution is 0.155. The van der Waals surface area contributed by atoms with Crippen molar-refractivity contribution in [1.29, 1.82) is 0 Å². The number of hydrogen-bond donors (Lipinski definition) is 0. The summed E-state index contributed by atoms with van der Waals surface area (Å²) >= 11 is 0. The maximum Gasteiger partial charge on any atom is 0.126 e. The molecule has 3 aliphatic rings. The molecule has 0 N–H and O–H groups in total. The fourth-order valence-corrected chi connectivity index (χ4v) is 8.03. The van der Waals surface area contributed by atoms with E-state index in [1.54, 1.807) is 11.6 Å². The van der Waals surface area contributed by atoms with E-state index in [0.717, 1.165) is 54.9 Å². The van der Waals surface area contributed by atoms with Gasteiger partial charge < -0.3 is 0 Å². The fourth-order valence-electron chi connectivity index (χ4n) is 8.03. The Morgan fingerprint density at radius 2 is 1.39 bits per heavy atom. The molecule has 206 valence electrons. The number of halogens is 1. The van der Waals surface area contributed by atoms with Gasteiger partial charge in [-0.25, -0.2) is 4.39 Å². The van der Waals surface area contributed by atoms with E-state index in [1.165, 1.54) is 93.7 Å². The summed E-state index contributed by atoms with van der Waals surface area (Å²) in [6, 6.07) is 15.5. The van der Waals surface area contributed by atoms with E-state index in [2.05, 4.69) is 43.3 Å². The third-order valence-electron chi connectivity index (χ3n) is 10.6. The number of allylic oxidation sites excluding steroid dienone is 2. The SMILES string of the molecule is CCCCCC1CCC(C2CCC(c3ccc(C4=CCC(c5ccc(CC)c(F)c5)CC4)cc3)CC2)CC1. The third kappa shape index (κ3) is 6.81. The van der Waals surface area contributed by atoms with Crippen molar-refractivity contribution in [1.82, 2.24) is 0 Å². The van der Waals surface area contributed by atoms with Crippen LogP contribution in [-0.2, 0) is 6.42 Å². The van der Waals surface area contributed by atoms with Crippen LogP contribution in [0.25, 0.3) is 5.57 Å². The first-order valence-corrected chi connectivity index (χ1v) is 16.2. The maximum absolute atomic E-state index is 14.3. The summed E-state index contributed by atoms with van der Waals surface area (Å²) in [5, 5.41) is 0. The van der Waals surface area contributed by atoms with Crippen LogP contribution in [0.2, 0.25) is 0 Å². The molecule has 38 heavy (non-hydrogen) atoms. The summed E-state index contributed by atoms with van der Waals surface area (Å²) < 4.78 is 14.3. The first-order chi connectivity index (χ1) is 18.6. The standard InChI is InChI=1S/C37H51F/c1-3-5-6-7-27-8-10-29(11-9-27)30-13-15-31(16-14-30)32-17-19-33(20-18-32)34-21-23-35(24-22-34)36-25-12-28(4-2)37(38)26-36/h12,17-21,25-27,29-31,35H,3-11,13-16,22-24H2,1-2H3. The van der Waals surface area contributed by atoms with Gasteiger partial charge in [-0.15, -0.1) is 0 Å². The van der Waals surface area contributed by atoms with Crippen molar-refractivity contribution < 1.29 is 4.39 Å². The van der Waals surface area contributed by atoms with Gasteiger partial charge in [0.05, 0.1) is 0 Å². The molecule has 0 spiro atoms. The van der Waals surface area contributed by atoms with Crippen molar-refractivity contribution >= 4 is 5.57 Å². The Morgan fingerprint density at radius 3 is 2.00 bits per heavy atom. The Hall–Kier alpha value is -1.89. The summed E-state index contributed by atoms with van der Waals surface area (Å²) in [5.74, 6) is 4.22. The molecule has 0 aromatic heterocycles. The van der Waals surface area contributed by atoms with Gasteiger partial charge >= 0.3 is 0 Å². The predicted molar refractivity (Wildman–Crippen MR) is 161 cm³/mol. The highest BCUT2D eigenvalue weighted by atomic mass is 19.1. The zero-order valence-electron chi connectivity index (χ0n) is 24.2. The number of aryl methyl sites for hydroxylation is 1. The van der Waals surface area contributed by atoms with Crippen LogP contribution in [-0.4, -0.2) is 0 Å². The van der Waals surface area contributed by atoms with Gasteiger partial charge in [-0.1, -0.05) is 94.8 Å². The van der Waals surface area contributed by atoms with Crippen LogP contribution in [0.3, 0.4) is 0 Å². The number of hydrogen-bond acceptors (Lipinski definition) is 0. The molecule has 2 aromatic rings. The van der Waals surface area contributed by atoms with Crippen LogP contribution < -0.4 is 0 Å². The fraction of sp³-hybridized carbons (Fsp3) is 0.622. The van der Waals surface area contributed by atoms with Gasteiger partial charge in [-0.3, -0.25) is 0 Å². The average Bonchev–Trinajstić information content (AvgIpc) is 2.98. The highest BCUT2D eigenvalue weighted by molar-refractivity contribution is 5.67. The second-order valence-electron chi connectivity index (χ2n) is 12.9. The second-order valence-corrected chi connectivity index (χ2v) is 12.9.